The number of hydrogen-bond acceptors (Lipinski definition) is 12. The number of imidazole rings is 1. The number of carbonyl (C=O) groups excluding carboxylic acids is 2. The van der Waals surface area contributed by atoms with Crippen molar-refractivity contribution < 1.29 is 19.4 Å². The van der Waals surface area contributed by atoms with Gasteiger partial charge in [-0.25, -0.2) is 4.79 Å². The number of morpholine rings is 1. The number of nitrogen functional groups attached to an aromatic ring is 1. The lowest BCUT2D eigenvalue weighted by atomic mass is 10.1. The van der Waals surface area contributed by atoms with Gasteiger partial charge >= 0.3 is 5.69 Å². The van der Waals surface area contributed by atoms with Crippen LogP contribution in [-0.4, -0.2) is 106 Å². The van der Waals surface area contributed by atoms with Gasteiger partial charge in [-0.05, 0) is 54.4 Å². The van der Waals surface area contributed by atoms with E-state index >= 15 is 0 Å². The van der Waals surface area contributed by atoms with Gasteiger partial charge < -0.3 is 30.7 Å². The molecular weight excluding hydrogens is 725 g/mol. The molecule has 3 aromatic carbocycles. The van der Waals surface area contributed by atoms with Crippen molar-refractivity contribution in [1.82, 2.24) is 34.9 Å². The molecule has 0 aliphatic carbocycles. The van der Waals surface area contributed by atoms with Gasteiger partial charge in [-0.2, -0.15) is 0 Å². The minimum absolute atomic E-state index is 0.0296. The van der Waals surface area contributed by atoms with Gasteiger partial charge in [0.15, 0.2) is 5.82 Å². The number of imide groups is 1. The van der Waals surface area contributed by atoms with Crippen molar-refractivity contribution in [2.24, 2.45) is 7.05 Å². The number of anilines is 3. The Balaban J connectivity index is 0.812. The number of aromatic nitrogens is 4. The van der Waals surface area contributed by atoms with Crippen molar-refractivity contribution in [2.75, 3.05) is 74.5 Å². The molecule has 15 heteroatoms. The smallest absolute Gasteiger partial charge is 0.329 e. The average Bonchev–Trinajstić information content (AvgIpc) is 3.48. The summed E-state index contributed by atoms with van der Waals surface area (Å²) in [5, 5.41) is 24.6. The normalized spacial score (nSPS) is 19.0. The molecule has 0 spiro atoms. The molecule has 2 aromatic heterocycles. The van der Waals surface area contributed by atoms with E-state index < -0.39 is 11.9 Å². The first-order valence-electron chi connectivity index (χ1n) is 19.3. The van der Waals surface area contributed by atoms with E-state index in [0.717, 1.165) is 51.5 Å². The minimum atomic E-state index is -0.737. The molecule has 5 aromatic rings. The third kappa shape index (κ3) is 8.06. The van der Waals surface area contributed by atoms with E-state index in [0.29, 0.717) is 53.4 Å². The zero-order valence-electron chi connectivity index (χ0n) is 31.9. The Morgan fingerprint density at radius 2 is 1.75 bits per heavy atom. The highest BCUT2D eigenvalue weighted by Crippen LogP contribution is 2.32. The van der Waals surface area contributed by atoms with Gasteiger partial charge in [0.1, 0.15) is 11.8 Å². The number of phenolic OH excluding ortho intramolecular Hbond substituents is 1. The fourth-order valence-electron chi connectivity index (χ4n) is 7.94. The Bertz CT molecular complexity index is 2410. The first-order chi connectivity index (χ1) is 27.7. The Morgan fingerprint density at radius 1 is 0.965 bits per heavy atom. The van der Waals surface area contributed by atoms with Crippen LogP contribution in [0.5, 0.6) is 5.75 Å². The molecule has 2 amide bonds. The molecule has 15 nitrogen and oxygen atoms in total. The summed E-state index contributed by atoms with van der Waals surface area (Å²) in [5.41, 5.74) is 12.3. The second-order valence-electron chi connectivity index (χ2n) is 14.7. The number of nitrogens with two attached hydrogens (primary N) is 1. The van der Waals surface area contributed by atoms with Crippen molar-refractivity contribution in [3.8, 4) is 28.8 Å². The number of hydrogen-bond donors (Lipinski definition) is 4. The number of amides is 2. The second kappa shape index (κ2) is 16.5. The predicted octanol–water partition coefficient (Wildman–Crippen LogP) is 2.23. The van der Waals surface area contributed by atoms with Gasteiger partial charge in [0.2, 0.25) is 11.8 Å². The molecule has 57 heavy (non-hydrogen) atoms. The fourth-order valence-corrected chi connectivity index (χ4v) is 7.94. The lowest BCUT2D eigenvalue weighted by Crippen LogP contribution is -2.47. The molecule has 0 saturated carbocycles. The number of phenols is 1. The third-order valence-electron chi connectivity index (χ3n) is 11.0. The van der Waals surface area contributed by atoms with E-state index in [1.54, 1.807) is 19.2 Å². The molecule has 0 radical (unpaired) electrons. The number of benzene rings is 3. The number of piperidine rings is 1. The number of para-hydroxylation sites is 2. The van der Waals surface area contributed by atoms with Crippen molar-refractivity contribution in [3.63, 3.8) is 0 Å². The number of piperazine rings is 1. The maximum Gasteiger partial charge on any atom is 0.329 e. The number of fused-ring (bicyclic) bond motifs is 1. The van der Waals surface area contributed by atoms with Crippen LogP contribution in [0.3, 0.4) is 0 Å². The van der Waals surface area contributed by atoms with E-state index in [9.17, 15) is 19.5 Å². The van der Waals surface area contributed by atoms with Crippen LogP contribution in [0.4, 0.5) is 17.2 Å². The zero-order valence-corrected chi connectivity index (χ0v) is 31.9. The highest BCUT2D eigenvalue weighted by atomic mass is 16.5. The van der Waals surface area contributed by atoms with Crippen molar-refractivity contribution >= 4 is 40.0 Å². The third-order valence-corrected chi connectivity index (χ3v) is 11.0. The number of ether oxygens (including phenoxy) is 1. The second-order valence-corrected chi connectivity index (χ2v) is 14.7. The van der Waals surface area contributed by atoms with E-state index in [4.69, 9.17) is 10.5 Å². The number of aryl methyl sites for hydroxylation is 1. The SMILES string of the molecule is Cn1c(=O)n(C2CCC(=O)NC2=O)c2cccc(C#CCN3CCO[C@H](CNCc4ccc(N5CCN(c6cc(-c7ccccc7O)nnc6N)CC5)cc4)C3)c21. The lowest BCUT2D eigenvalue weighted by Gasteiger charge is -2.37. The van der Waals surface area contributed by atoms with Crippen LogP contribution in [-0.2, 0) is 27.9 Å². The molecule has 8 rings (SSSR count). The van der Waals surface area contributed by atoms with E-state index in [-0.39, 0.29) is 36.3 Å². The Labute approximate surface area is 330 Å². The van der Waals surface area contributed by atoms with E-state index in [1.165, 1.54) is 20.4 Å². The van der Waals surface area contributed by atoms with Crippen LogP contribution in [0.25, 0.3) is 22.3 Å². The summed E-state index contributed by atoms with van der Waals surface area (Å²) in [7, 11) is 1.68. The molecular formula is C42H46N10O5. The van der Waals surface area contributed by atoms with Crippen LogP contribution in [0, 0.1) is 11.8 Å². The Hall–Kier alpha value is -6.21. The van der Waals surface area contributed by atoms with Gasteiger partial charge in [-0.15, -0.1) is 10.2 Å². The number of nitrogens with one attached hydrogen (secondary N) is 2. The molecule has 3 aliphatic heterocycles. The summed E-state index contributed by atoms with van der Waals surface area (Å²) in [4.78, 5) is 44.4. The zero-order chi connectivity index (χ0) is 39.5. The van der Waals surface area contributed by atoms with E-state index in [1.807, 2.05) is 36.4 Å². The first kappa shape index (κ1) is 37.7. The summed E-state index contributed by atoms with van der Waals surface area (Å²) in [6.07, 6.45) is 0.506. The Morgan fingerprint density at radius 3 is 2.54 bits per heavy atom. The molecule has 294 valence electrons. The highest BCUT2D eigenvalue weighted by Gasteiger charge is 2.31. The van der Waals surface area contributed by atoms with Crippen molar-refractivity contribution in [2.45, 2.75) is 31.5 Å². The van der Waals surface area contributed by atoms with Gasteiger partial charge in [0, 0.05) is 77.1 Å². The van der Waals surface area contributed by atoms with Gasteiger partial charge in [-0.3, -0.25) is 28.9 Å². The van der Waals surface area contributed by atoms with Gasteiger partial charge in [0.25, 0.3) is 0 Å². The van der Waals surface area contributed by atoms with Gasteiger partial charge in [0.05, 0.1) is 47.2 Å². The quantitative estimate of drug-likeness (QED) is 0.127. The summed E-state index contributed by atoms with van der Waals surface area (Å²) in [6.45, 7) is 7.36. The summed E-state index contributed by atoms with van der Waals surface area (Å²) >= 11 is 0. The minimum Gasteiger partial charge on any atom is -0.507 e. The van der Waals surface area contributed by atoms with Gasteiger partial charge in [-0.1, -0.05) is 42.2 Å². The number of nitrogens with zero attached hydrogens (tertiary/aromatic N) is 7. The van der Waals surface area contributed by atoms with Crippen LogP contribution >= 0.6 is 0 Å². The summed E-state index contributed by atoms with van der Waals surface area (Å²) < 4.78 is 9.08. The predicted molar refractivity (Wildman–Crippen MR) is 218 cm³/mol. The maximum absolute atomic E-state index is 13.3. The standard InChI is InChI=1S/C42H46N10O5/c1-48-39-29(6-4-9-34(39)52(42(48)56)35-15-16-38(54)45-41(35)55)7-5-17-49-22-23-57-31(27-49)26-44-25-28-11-13-30(14-12-28)50-18-20-51(21-19-50)36-24-33(46-47-40(36)43)32-8-2-3-10-37(32)53/h2-4,6,8-14,24,31,35,44,53H,15-23,25-27H2,1H3,(H2,43,47)(H,45,54,55)/t31-,35?/m1/s1. The monoisotopic (exact) mass is 770 g/mol. The van der Waals surface area contributed by atoms with Crippen LogP contribution in [0.1, 0.15) is 30.0 Å². The average molecular weight is 771 g/mol. The maximum atomic E-state index is 13.3. The largest absolute Gasteiger partial charge is 0.507 e. The summed E-state index contributed by atoms with van der Waals surface area (Å²) in [5.74, 6) is 6.32. The number of aromatic hydroxyl groups is 1. The van der Waals surface area contributed by atoms with Crippen LogP contribution in [0.2, 0.25) is 0 Å². The molecule has 2 atom stereocenters. The number of rotatable bonds is 9. The van der Waals surface area contributed by atoms with Crippen molar-refractivity contribution in [3.05, 3.63) is 94.4 Å². The number of carbonyl (C=O) groups is 2. The van der Waals surface area contributed by atoms with E-state index in [2.05, 4.69) is 71.6 Å². The molecule has 5 N–H and O–H groups in total. The Kier molecular flexibility index (Phi) is 10.9. The molecule has 3 fully saturated rings. The summed E-state index contributed by atoms with van der Waals surface area (Å²) in [6, 6.07) is 22.5. The fraction of sp³-hybridized carbons (Fsp3) is 0.357. The molecule has 0 bridgehead atoms. The lowest BCUT2D eigenvalue weighted by molar-refractivity contribution is -0.135. The topological polar surface area (TPSA) is 176 Å². The van der Waals surface area contributed by atoms with Crippen LogP contribution < -0.4 is 31.9 Å². The molecule has 3 saturated heterocycles. The first-order valence-corrected chi connectivity index (χ1v) is 19.3. The molecule has 1 unspecified atom stereocenters. The molecule has 3 aliphatic rings. The van der Waals surface area contributed by atoms with Crippen molar-refractivity contribution in [1.29, 1.82) is 0 Å². The highest BCUT2D eigenvalue weighted by molar-refractivity contribution is 6.00. The molecule has 5 heterocycles. The van der Waals surface area contributed by atoms with Crippen LogP contribution in [0.15, 0.2) is 77.6 Å².